The zero-order valence-corrected chi connectivity index (χ0v) is 12.4. The van der Waals surface area contributed by atoms with Gasteiger partial charge in [0.2, 0.25) is 0 Å². The van der Waals surface area contributed by atoms with Gasteiger partial charge in [0.15, 0.2) is 0 Å². The Balaban J connectivity index is 1.57. The van der Waals surface area contributed by atoms with Crippen LogP contribution in [0.15, 0.2) is 30.3 Å². The zero-order valence-electron chi connectivity index (χ0n) is 12.4. The summed E-state index contributed by atoms with van der Waals surface area (Å²) in [5.74, 6) is -0.752. The van der Waals surface area contributed by atoms with Crippen molar-refractivity contribution in [1.82, 2.24) is 10.2 Å². The molecule has 0 aromatic heterocycles. The predicted octanol–water partition coefficient (Wildman–Crippen LogP) is 1.45. The highest BCUT2D eigenvalue weighted by Crippen LogP contribution is 2.42. The monoisotopic (exact) mass is 302 g/mol. The normalized spacial score (nSPS) is 24.3. The minimum Gasteiger partial charge on any atom is -0.459 e. The number of carbonyl (C=O) groups is 3. The number of ether oxygens (including phenoxy) is 1. The lowest BCUT2D eigenvalue weighted by molar-refractivity contribution is -0.148. The quantitative estimate of drug-likeness (QED) is 0.660. The molecule has 6 nitrogen and oxygen atoms in total. The van der Waals surface area contributed by atoms with Crippen LogP contribution in [0.25, 0.3) is 0 Å². The van der Waals surface area contributed by atoms with Gasteiger partial charge in [-0.3, -0.25) is 14.5 Å². The number of hydrogen-bond acceptors (Lipinski definition) is 4. The van der Waals surface area contributed by atoms with Gasteiger partial charge >= 0.3 is 12.0 Å². The van der Waals surface area contributed by atoms with Crippen LogP contribution in [0.2, 0.25) is 0 Å². The molecule has 2 fully saturated rings. The number of hydrogen-bond donors (Lipinski definition) is 1. The molecule has 1 aromatic carbocycles. The first-order chi connectivity index (χ1) is 10.5. The van der Waals surface area contributed by atoms with Crippen LogP contribution in [0, 0.1) is 5.92 Å². The van der Waals surface area contributed by atoms with Gasteiger partial charge in [0.1, 0.15) is 18.7 Å². The molecule has 3 rings (SSSR count). The highest BCUT2D eigenvalue weighted by atomic mass is 16.5. The average molecular weight is 302 g/mol. The molecule has 3 amide bonds. The molecular weight excluding hydrogens is 284 g/mol. The fourth-order valence-electron chi connectivity index (χ4n) is 2.71. The Hall–Kier alpha value is -2.37. The summed E-state index contributed by atoms with van der Waals surface area (Å²) in [5, 5.41) is 2.70. The van der Waals surface area contributed by atoms with Crippen molar-refractivity contribution in [2.75, 3.05) is 6.54 Å². The van der Waals surface area contributed by atoms with Gasteiger partial charge in [-0.15, -0.1) is 0 Å². The van der Waals surface area contributed by atoms with Crippen LogP contribution in [-0.2, 0) is 20.9 Å². The number of urea groups is 1. The summed E-state index contributed by atoms with van der Waals surface area (Å²) < 4.78 is 5.12. The van der Waals surface area contributed by atoms with Crippen molar-refractivity contribution in [2.45, 2.75) is 31.9 Å². The molecule has 22 heavy (non-hydrogen) atoms. The molecule has 0 unspecified atom stereocenters. The van der Waals surface area contributed by atoms with Crippen LogP contribution in [0.3, 0.4) is 0 Å². The highest BCUT2D eigenvalue weighted by molar-refractivity contribution is 6.08. The van der Waals surface area contributed by atoms with E-state index in [0.717, 1.165) is 23.3 Å². The van der Waals surface area contributed by atoms with Crippen LogP contribution in [0.5, 0.6) is 0 Å². The summed E-state index contributed by atoms with van der Waals surface area (Å²) in [4.78, 5) is 37.1. The molecule has 0 bridgehead atoms. The van der Waals surface area contributed by atoms with E-state index >= 15 is 0 Å². The first-order valence-corrected chi connectivity index (χ1v) is 7.34. The third-order valence-electron chi connectivity index (χ3n) is 4.22. The minimum absolute atomic E-state index is 0.128. The number of carbonyl (C=O) groups excluding carboxylic acids is 3. The lowest BCUT2D eigenvalue weighted by Crippen LogP contribution is -2.46. The topological polar surface area (TPSA) is 75.7 Å². The van der Waals surface area contributed by atoms with Gasteiger partial charge in [0, 0.05) is 0 Å². The van der Waals surface area contributed by atoms with E-state index in [1.54, 1.807) is 6.92 Å². The second-order valence-corrected chi connectivity index (χ2v) is 5.94. The van der Waals surface area contributed by atoms with Crippen molar-refractivity contribution in [3.63, 3.8) is 0 Å². The molecule has 1 heterocycles. The molecule has 0 radical (unpaired) electrons. The first-order valence-electron chi connectivity index (χ1n) is 7.34. The third-order valence-corrected chi connectivity index (χ3v) is 4.22. The Morgan fingerprint density at radius 3 is 2.64 bits per heavy atom. The summed E-state index contributed by atoms with van der Waals surface area (Å²) in [5.41, 5.74) is -0.00701. The van der Waals surface area contributed by atoms with Gasteiger partial charge in [-0.05, 0) is 31.2 Å². The number of imide groups is 1. The molecular formula is C16H18N2O4. The molecule has 1 saturated heterocycles. The van der Waals surface area contributed by atoms with Crippen LogP contribution in [0.4, 0.5) is 4.79 Å². The van der Waals surface area contributed by atoms with Gasteiger partial charge in [0.25, 0.3) is 5.91 Å². The highest BCUT2D eigenvalue weighted by Gasteiger charge is 2.56. The molecule has 1 N–H and O–H groups in total. The number of rotatable bonds is 5. The van der Waals surface area contributed by atoms with Crippen molar-refractivity contribution in [3.05, 3.63) is 35.9 Å². The Morgan fingerprint density at radius 1 is 1.32 bits per heavy atom. The zero-order chi connectivity index (χ0) is 15.7. The predicted molar refractivity (Wildman–Crippen MR) is 77.6 cm³/mol. The van der Waals surface area contributed by atoms with E-state index in [1.165, 1.54) is 0 Å². The van der Waals surface area contributed by atoms with Gasteiger partial charge in [-0.1, -0.05) is 30.3 Å². The Kier molecular flexibility index (Phi) is 3.60. The van der Waals surface area contributed by atoms with E-state index in [4.69, 9.17) is 4.74 Å². The Bertz CT molecular complexity index is 612. The number of nitrogens with zero attached hydrogens (tertiary/aromatic N) is 1. The molecule has 6 heteroatoms. The second kappa shape index (κ2) is 5.44. The summed E-state index contributed by atoms with van der Waals surface area (Å²) in [6.45, 7) is 1.50. The minimum atomic E-state index is -0.864. The van der Waals surface area contributed by atoms with Crippen molar-refractivity contribution < 1.29 is 19.1 Å². The van der Waals surface area contributed by atoms with E-state index in [-0.39, 0.29) is 25.0 Å². The summed E-state index contributed by atoms with van der Waals surface area (Å²) in [7, 11) is 0. The van der Waals surface area contributed by atoms with Crippen molar-refractivity contribution in [1.29, 1.82) is 0 Å². The van der Waals surface area contributed by atoms with E-state index in [0.29, 0.717) is 0 Å². The van der Waals surface area contributed by atoms with E-state index in [2.05, 4.69) is 5.32 Å². The summed E-state index contributed by atoms with van der Waals surface area (Å²) in [6, 6.07) is 8.73. The van der Waals surface area contributed by atoms with Gasteiger partial charge in [0.05, 0.1) is 0 Å². The average Bonchev–Trinajstić information content (AvgIpc) is 3.33. The van der Waals surface area contributed by atoms with Crippen molar-refractivity contribution >= 4 is 17.9 Å². The third kappa shape index (κ3) is 2.68. The lowest BCUT2D eigenvalue weighted by atomic mass is 9.96. The smallest absolute Gasteiger partial charge is 0.326 e. The fourth-order valence-corrected chi connectivity index (χ4v) is 2.71. The number of benzene rings is 1. The molecule has 116 valence electrons. The van der Waals surface area contributed by atoms with Crippen LogP contribution < -0.4 is 5.32 Å². The van der Waals surface area contributed by atoms with E-state index < -0.39 is 17.5 Å². The van der Waals surface area contributed by atoms with Gasteiger partial charge < -0.3 is 10.1 Å². The maximum Gasteiger partial charge on any atom is 0.326 e. The summed E-state index contributed by atoms with van der Waals surface area (Å²) >= 11 is 0. The number of amides is 3. The van der Waals surface area contributed by atoms with Crippen LogP contribution in [-0.4, -0.2) is 34.9 Å². The summed E-state index contributed by atoms with van der Waals surface area (Å²) in [6.07, 6.45) is 1.85. The fraction of sp³-hybridized carbons (Fsp3) is 0.438. The standard InChI is InChI=1S/C16H18N2O4/c1-16(12-7-8-12)14(20)18(15(21)17-16)9-13(19)22-10-11-5-3-2-4-6-11/h2-6,12H,7-10H2,1H3,(H,17,21)/t16-/m1/s1. The van der Waals surface area contributed by atoms with E-state index in [1.807, 2.05) is 30.3 Å². The molecule has 2 aliphatic rings. The largest absolute Gasteiger partial charge is 0.459 e. The van der Waals surface area contributed by atoms with Crippen LogP contribution >= 0.6 is 0 Å². The molecule has 0 spiro atoms. The van der Waals surface area contributed by atoms with Gasteiger partial charge in [-0.2, -0.15) is 0 Å². The molecule has 1 aliphatic carbocycles. The van der Waals surface area contributed by atoms with Crippen molar-refractivity contribution in [3.8, 4) is 0 Å². The number of nitrogens with one attached hydrogen (secondary N) is 1. The lowest BCUT2D eigenvalue weighted by Gasteiger charge is -2.20. The molecule has 1 aliphatic heterocycles. The van der Waals surface area contributed by atoms with E-state index in [9.17, 15) is 14.4 Å². The molecule has 1 atom stereocenters. The first kappa shape index (κ1) is 14.6. The molecule has 1 saturated carbocycles. The van der Waals surface area contributed by atoms with Crippen LogP contribution in [0.1, 0.15) is 25.3 Å². The maximum absolute atomic E-state index is 12.4. The van der Waals surface area contributed by atoms with Crippen molar-refractivity contribution in [2.24, 2.45) is 5.92 Å². The SMILES string of the molecule is C[C@]1(C2CC2)NC(=O)N(CC(=O)OCc2ccccc2)C1=O. The van der Waals surface area contributed by atoms with Gasteiger partial charge in [-0.25, -0.2) is 4.79 Å². The molecule has 1 aromatic rings. The number of esters is 1. The second-order valence-electron chi connectivity index (χ2n) is 5.94. The Labute approximate surface area is 128 Å². The Morgan fingerprint density at radius 2 is 2.00 bits per heavy atom. The maximum atomic E-state index is 12.4.